The van der Waals surface area contributed by atoms with E-state index in [0.717, 1.165) is 5.52 Å². The highest BCUT2D eigenvalue weighted by molar-refractivity contribution is 5.93. The largest absolute Gasteiger partial charge is 0.373 e. The SMILES string of the molecule is CC1(C)C2CN(C(=O)c3ccc4cncn4n3)[C@H](O)[C@H]21. The molecule has 1 saturated carbocycles. The van der Waals surface area contributed by atoms with Gasteiger partial charge < -0.3 is 10.0 Å². The van der Waals surface area contributed by atoms with E-state index in [4.69, 9.17) is 0 Å². The van der Waals surface area contributed by atoms with Crippen LogP contribution in [-0.4, -0.2) is 43.3 Å². The van der Waals surface area contributed by atoms with Crippen molar-refractivity contribution < 1.29 is 9.90 Å². The summed E-state index contributed by atoms with van der Waals surface area (Å²) in [6.45, 7) is 4.90. The van der Waals surface area contributed by atoms with Gasteiger partial charge in [-0.3, -0.25) is 4.79 Å². The fraction of sp³-hybridized carbons (Fsp3) is 0.500. The molecule has 2 aromatic heterocycles. The third kappa shape index (κ3) is 1.39. The number of piperidine rings is 1. The van der Waals surface area contributed by atoms with E-state index in [2.05, 4.69) is 23.9 Å². The maximum Gasteiger partial charge on any atom is 0.276 e. The van der Waals surface area contributed by atoms with Gasteiger partial charge >= 0.3 is 0 Å². The maximum atomic E-state index is 12.5. The number of rotatable bonds is 1. The van der Waals surface area contributed by atoms with Crippen LogP contribution in [-0.2, 0) is 0 Å². The van der Waals surface area contributed by atoms with Crippen LogP contribution in [0.4, 0.5) is 0 Å². The lowest BCUT2D eigenvalue weighted by atomic mass is 10.1. The summed E-state index contributed by atoms with van der Waals surface area (Å²) in [4.78, 5) is 18.0. The first-order chi connectivity index (χ1) is 9.50. The molecule has 3 heterocycles. The summed E-state index contributed by atoms with van der Waals surface area (Å²) in [5, 5.41) is 14.5. The summed E-state index contributed by atoms with van der Waals surface area (Å²) in [5.41, 5.74) is 1.33. The Bertz CT molecular complexity index is 708. The number of aliphatic hydroxyl groups is 1. The van der Waals surface area contributed by atoms with Crippen LogP contribution in [0.5, 0.6) is 0 Å². The van der Waals surface area contributed by atoms with Crippen molar-refractivity contribution >= 4 is 11.4 Å². The molecule has 2 aliphatic rings. The Morgan fingerprint density at radius 2 is 2.25 bits per heavy atom. The Kier molecular flexibility index (Phi) is 2.12. The van der Waals surface area contributed by atoms with E-state index in [0.29, 0.717) is 18.2 Å². The predicted molar refractivity (Wildman–Crippen MR) is 70.8 cm³/mol. The van der Waals surface area contributed by atoms with Gasteiger partial charge in [0, 0.05) is 12.5 Å². The lowest BCUT2D eigenvalue weighted by Crippen LogP contribution is -2.41. The van der Waals surface area contributed by atoms with Crippen LogP contribution in [0.25, 0.3) is 5.52 Å². The summed E-state index contributed by atoms with van der Waals surface area (Å²) >= 11 is 0. The third-order valence-electron chi connectivity index (χ3n) is 4.93. The van der Waals surface area contributed by atoms with Crippen LogP contribution in [0.2, 0.25) is 0 Å². The second-order valence-corrected chi connectivity index (χ2v) is 6.31. The molecule has 1 saturated heterocycles. The number of aliphatic hydroxyl groups excluding tert-OH is 1. The van der Waals surface area contributed by atoms with E-state index < -0.39 is 6.23 Å². The van der Waals surface area contributed by atoms with E-state index in [-0.39, 0.29) is 17.2 Å². The zero-order valence-electron chi connectivity index (χ0n) is 11.4. The monoisotopic (exact) mass is 272 g/mol. The Labute approximate surface area is 116 Å². The van der Waals surface area contributed by atoms with Gasteiger partial charge in [0.05, 0.1) is 11.7 Å². The van der Waals surface area contributed by atoms with E-state index in [1.165, 1.54) is 4.90 Å². The molecule has 4 rings (SSSR count). The summed E-state index contributed by atoms with van der Waals surface area (Å²) in [7, 11) is 0. The number of carbonyl (C=O) groups is 1. The molecule has 0 spiro atoms. The van der Waals surface area contributed by atoms with Crippen molar-refractivity contribution in [1.29, 1.82) is 0 Å². The molecule has 1 aliphatic carbocycles. The van der Waals surface area contributed by atoms with Crippen LogP contribution in [0.3, 0.4) is 0 Å². The zero-order chi connectivity index (χ0) is 14.1. The van der Waals surface area contributed by atoms with Gasteiger partial charge in [0.15, 0.2) is 0 Å². The second kappa shape index (κ2) is 3.58. The molecule has 104 valence electrons. The number of hydrogen-bond acceptors (Lipinski definition) is 4. The minimum absolute atomic E-state index is 0.151. The molecule has 6 nitrogen and oxygen atoms in total. The average Bonchev–Trinajstić information content (AvgIpc) is 2.79. The van der Waals surface area contributed by atoms with Crippen molar-refractivity contribution in [1.82, 2.24) is 19.5 Å². The highest BCUT2D eigenvalue weighted by atomic mass is 16.3. The van der Waals surface area contributed by atoms with Gasteiger partial charge in [0.1, 0.15) is 18.2 Å². The highest BCUT2D eigenvalue weighted by Crippen LogP contribution is 2.64. The number of nitrogens with zero attached hydrogens (tertiary/aromatic N) is 4. The number of likely N-dealkylation sites (tertiary alicyclic amines) is 1. The molecule has 1 unspecified atom stereocenters. The topological polar surface area (TPSA) is 70.7 Å². The smallest absolute Gasteiger partial charge is 0.276 e. The summed E-state index contributed by atoms with van der Waals surface area (Å²) in [6.07, 6.45) is 2.55. The minimum atomic E-state index is -0.692. The van der Waals surface area contributed by atoms with Crippen LogP contribution in [0, 0.1) is 17.3 Å². The maximum absolute atomic E-state index is 12.5. The van der Waals surface area contributed by atoms with Crippen molar-refractivity contribution in [2.45, 2.75) is 20.1 Å². The minimum Gasteiger partial charge on any atom is -0.373 e. The van der Waals surface area contributed by atoms with E-state index in [1.807, 2.05) is 0 Å². The van der Waals surface area contributed by atoms with Gasteiger partial charge in [-0.2, -0.15) is 5.10 Å². The normalized spacial score (nSPS) is 30.6. The van der Waals surface area contributed by atoms with Crippen LogP contribution >= 0.6 is 0 Å². The molecule has 1 amide bonds. The van der Waals surface area contributed by atoms with Crippen LogP contribution in [0.15, 0.2) is 24.7 Å². The number of hydrogen-bond donors (Lipinski definition) is 1. The summed E-state index contributed by atoms with van der Waals surface area (Å²) in [6, 6.07) is 3.49. The Morgan fingerprint density at radius 3 is 2.95 bits per heavy atom. The first-order valence-electron chi connectivity index (χ1n) is 6.78. The van der Waals surface area contributed by atoms with Crippen molar-refractivity contribution in [3.63, 3.8) is 0 Å². The lowest BCUT2D eigenvalue weighted by molar-refractivity contribution is 0.00333. The molecule has 2 aromatic rings. The highest BCUT2D eigenvalue weighted by Gasteiger charge is 2.67. The van der Waals surface area contributed by atoms with Crippen LogP contribution < -0.4 is 0 Å². The predicted octanol–water partition coefficient (Wildman–Crippen LogP) is 0.776. The van der Waals surface area contributed by atoms with Crippen LogP contribution in [0.1, 0.15) is 24.3 Å². The fourth-order valence-corrected chi connectivity index (χ4v) is 3.52. The Hall–Kier alpha value is -1.95. The van der Waals surface area contributed by atoms with Crippen molar-refractivity contribution in [2.24, 2.45) is 17.3 Å². The lowest BCUT2D eigenvalue weighted by Gasteiger charge is -2.26. The standard InChI is InChI=1S/C14H16N4O2/c1-14(2)9-6-17(13(20)11(9)14)12(19)10-4-3-8-5-15-7-18(8)16-10/h3-5,7,9,11,13,20H,6H2,1-2H3/t9?,11-,13+/m0/s1. The molecular formula is C14H16N4O2. The van der Waals surface area contributed by atoms with E-state index >= 15 is 0 Å². The Balaban J connectivity index is 1.62. The summed E-state index contributed by atoms with van der Waals surface area (Å²) < 4.78 is 1.57. The molecule has 6 heteroatoms. The van der Waals surface area contributed by atoms with Crippen molar-refractivity contribution in [3.05, 3.63) is 30.4 Å². The van der Waals surface area contributed by atoms with Crippen molar-refractivity contribution in [2.75, 3.05) is 6.54 Å². The average molecular weight is 272 g/mol. The van der Waals surface area contributed by atoms with Gasteiger partial charge in [0.25, 0.3) is 5.91 Å². The van der Waals surface area contributed by atoms with Crippen molar-refractivity contribution in [3.8, 4) is 0 Å². The van der Waals surface area contributed by atoms with Gasteiger partial charge in [0.2, 0.25) is 0 Å². The van der Waals surface area contributed by atoms with Gasteiger partial charge in [-0.1, -0.05) is 13.8 Å². The summed E-state index contributed by atoms with van der Waals surface area (Å²) in [5.74, 6) is 0.387. The van der Waals surface area contributed by atoms with E-state index in [9.17, 15) is 9.90 Å². The third-order valence-corrected chi connectivity index (χ3v) is 4.93. The number of fused-ring (bicyclic) bond motifs is 2. The van der Waals surface area contributed by atoms with Gasteiger partial charge in [-0.15, -0.1) is 0 Å². The first-order valence-corrected chi connectivity index (χ1v) is 6.78. The quantitative estimate of drug-likeness (QED) is 0.832. The molecule has 0 radical (unpaired) electrons. The number of aromatic nitrogens is 3. The molecule has 0 bridgehead atoms. The molecular weight excluding hydrogens is 256 g/mol. The molecule has 3 atom stereocenters. The molecule has 0 aromatic carbocycles. The molecule has 1 aliphatic heterocycles. The van der Waals surface area contributed by atoms with Gasteiger partial charge in [-0.25, -0.2) is 9.50 Å². The molecule has 2 fully saturated rings. The Morgan fingerprint density at radius 1 is 1.45 bits per heavy atom. The second-order valence-electron chi connectivity index (χ2n) is 6.31. The van der Waals surface area contributed by atoms with E-state index in [1.54, 1.807) is 29.2 Å². The first kappa shape index (κ1) is 11.8. The molecule has 20 heavy (non-hydrogen) atoms. The number of carbonyl (C=O) groups excluding carboxylic acids is 1. The fourth-order valence-electron chi connectivity index (χ4n) is 3.52. The number of imidazole rings is 1. The molecule has 1 N–H and O–H groups in total. The zero-order valence-corrected chi connectivity index (χ0v) is 11.4. The number of amides is 1. The van der Waals surface area contributed by atoms with Gasteiger partial charge in [-0.05, 0) is 23.5 Å².